The molecule has 0 atom stereocenters. The van der Waals surface area contributed by atoms with E-state index in [9.17, 15) is 4.79 Å². The predicted octanol–water partition coefficient (Wildman–Crippen LogP) is 3.17. The van der Waals surface area contributed by atoms with Gasteiger partial charge in [0.25, 0.3) is 0 Å². The number of hydrogen-bond acceptors (Lipinski definition) is 1. The molecular weight excluding hydrogens is 172 g/mol. The van der Waals surface area contributed by atoms with Gasteiger partial charge in [0.1, 0.15) is 0 Å². The molecule has 14 heavy (non-hydrogen) atoms. The van der Waals surface area contributed by atoms with E-state index in [-0.39, 0.29) is 5.78 Å². The summed E-state index contributed by atoms with van der Waals surface area (Å²) < 4.78 is 0. The normalized spacial score (nSPS) is 16.1. The zero-order valence-corrected chi connectivity index (χ0v) is 8.36. The summed E-state index contributed by atoms with van der Waals surface area (Å²) in [5.74, 6) is 0.846. The van der Waals surface area contributed by atoms with Crippen LogP contribution < -0.4 is 0 Å². The van der Waals surface area contributed by atoms with Crippen molar-refractivity contribution in [2.75, 3.05) is 0 Å². The number of carbonyl (C=O) groups is 1. The third kappa shape index (κ3) is 2.11. The lowest BCUT2D eigenvalue weighted by molar-refractivity contribution is -0.112. The predicted molar refractivity (Wildman–Crippen MR) is 58.1 cm³/mol. The van der Waals surface area contributed by atoms with Crippen molar-refractivity contribution >= 4 is 11.9 Å². The summed E-state index contributed by atoms with van der Waals surface area (Å²) in [6.07, 6.45) is 6.16. The van der Waals surface area contributed by atoms with Crippen molar-refractivity contribution in [1.29, 1.82) is 0 Å². The summed E-state index contributed by atoms with van der Waals surface area (Å²) in [6.45, 7) is 1.58. The first-order chi connectivity index (χ1) is 6.77. The summed E-state index contributed by atoms with van der Waals surface area (Å²) in [5, 5.41) is 0. The molecule has 1 heteroatoms. The lowest BCUT2D eigenvalue weighted by Gasteiger charge is -2.02. The molecule has 0 spiro atoms. The van der Waals surface area contributed by atoms with Crippen LogP contribution in [0.25, 0.3) is 6.08 Å². The maximum absolute atomic E-state index is 10.8. The van der Waals surface area contributed by atoms with Gasteiger partial charge in [0.2, 0.25) is 0 Å². The molecule has 0 unspecified atom stereocenters. The quantitative estimate of drug-likeness (QED) is 0.663. The molecule has 1 aromatic carbocycles. The molecule has 2 rings (SSSR count). The SMILES string of the molecule is CC(=O)C=Cc1ccccc1C1CC1. The Morgan fingerprint density at radius 2 is 2.07 bits per heavy atom. The van der Waals surface area contributed by atoms with Gasteiger partial charge in [-0.15, -0.1) is 0 Å². The van der Waals surface area contributed by atoms with Gasteiger partial charge in [-0.05, 0) is 42.9 Å². The Balaban J connectivity index is 2.27. The van der Waals surface area contributed by atoms with E-state index in [1.54, 1.807) is 13.0 Å². The standard InChI is InChI=1S/C13H14O/c1-10(14)6-7-11-4-2-3-5-13(11)12-8-9-12/h2-7,12H,8-9H2,1H3. The number of allylic oxidation sites excluding steroid dienone is 1. The van der Waals surface area contributed by atoms with Crippen molar-refractivity contribution in [3.05, 3.63) is 41.5 Å². The number of hydrogen-bond donors (Lipinski definition) is 0. The summed E-state index contributed by atoms with van der Waals surface area (Å²) in [6, 6.07) is 8.33. The van der Waals surface area contributed by atoms with Crippen LogP contribution in [0.5, 0.6) is 0 Å². The van der Waals surface area contributed by atoms with Crippen LogP contribution in [-0.2, 0) is 4.79 Å². The van der Waals surface area contributed by atoms with Gasteiger partial charge in [-0.3, -0.25) is 4.79 Å². The number of benzene rings is 1. The Kier molecular flexibility index (Phi) is 2.49. The molecule has 0 radical (unpaired) electrons. The highest BCUT2D eigenvalue weighted by atomic mass is 16.1. The maximum atomic E-state index is 10.8. The summed E-state index contributed by atoms with van der Waals surface area (Å²) in [4.78, 5) is 10.8. The highest BCUT2D eigenvalue weighted by Gasteiger charge is 2.24. The second kappa shape index (κ2) is 3.79. The molecule has 0 bridgehead atoms. The molecule has 0 amide bonds. The topological polar surface area (TPSA) is 17.1 Å². The van der Waals surface area contributed by atoms with Crippen LogP contribution in [0.1, 0.15) is 36.8 Å². The lowest BCUT2D eigenvalue weighted by atomic mass is 10.0. The minimum Gasteiger partial charge on any atom is -0.295 e. The van der Waals surface area contributed by atoms with E-state index < -0.39 is 0 Å². The smallest absolute Gasteiger partial charge is 0.152 e. The molecule has 72 valence electrons. The van der Waals surface area contributed by atoms with E-state index in [1.807, 2.05) is 12.1 Å². The lowest BCUT2D eigenvalue weighted by Crippen LogP contribution is -1.86. The first kappa shape index (κ1) is 9.20. The first-order valence-electron chi connectivity index (χ1n) is 5.05. The minimum absolute atomic E-state index is 0.107. The minimum atomic E-state index is 0.107. The molecule has 1 aliphatic rings. The van der Waals surface area contributed by atoms with Gasteiger partial charge in [-0.1, -0.05) is 30.3 Å². The molecule has 1 saturated carbocycles. The second-order valence-corrected chi connectivity index (χ2v) is 3.85. The Morgan fingerprint density at radius 3 is 2.71 bits per heavy atom. The van der Waals surface area contributed by atoms with Crippen LogP contribution in [0.2, 0.25) is 0 Å². The second-order valence-electron chi connectivity index (χ2n) is 3.85. The van der Waals surface area contributed by atoms with E-state index >= 15 is 0 Å². The number of rotatable bonds is 3. The first-order valence-corrected chi connectivity index (χ1v) is 5.05. The number of ketones is 1. The van der Waals surface area contributed by atoms with E-state index in [1.165, 1.54) is 24.0 Å². The summed E-state index contributed by atoms with van der Waals surface area (Å²) >= 11 is 0. The van der Waals surface area contributed by atoms with Crippen LogP contribution >= 0.6 is 0 Å². The third-order valence-electron chi connectivity index (χ3n) is 2.51. The molecular formula is C13H14O. The molecule has 0 aliphatic heterocycles. The highest BCUT2D eigenvalue weighted by molar-refractivity contribution is 5.91. The number of carbonyl (C=O) groups excluding carboxylic acids is 1. The van der Waals surface area contributed by atoms with Crippen molar-refractivity contribution in [2.24, 2.45) is 0 Å². The Labute approximate surface area is 84.5 Å². The van der Waals surface area contributed by atoms with Gasteiger partial charge in [0.05, 0.1) is 0 Å². The average molecular weight is 186 g/mol. The van der Waals surface area contributed by atoms with Crippen LogP contribution in [-0.4, -0.2) is 5.78 Å². The Hall–Kier alpha value is -1.37. The molecule has 0 aromatic heterocycles. The van der Waals surface area contributed by atoms with E-state index in [0.29, 0.717) is 0 Å². The fourth-order valence-electron chi connectivity index (χ4n) is 1.64. The maximum Gasteiger partial charge on any atom is 0.152 e. The molecule has 0 saturated heterocycles. The molecule has 1 aromatic rings. The largest absolute Gasteiger partial charge is 0.295 e. The van der Waals surface area contributed by atoms with Crippen LogP contribution in [0.15, 0.2) is 30.3 Å². The zero-order chi connectivity index (χ0) is 9.97. The molecule has 0 N–H and O–H groups in total. The van der Waals surface area contributed by atoms with Crippen molar-refractivity contribution in [3.63, 3.8) is 0 Å². The van der Waals surface area contributed by atoms with E-state index in [4.69, 9.17) is 0 Å². The van der Waals surface area contributed by atoms with Crippen LogP contribution in [0.4, 0.5) is 0 Å². The van der Waals surface area contributed by atoms with Crippen molar-refractivity contribution in [2.45, 2.75) is 25.7 Å². The molecule has 0 heterocycles. The third-order valence-corrected chi connectivity index (χ3v) is 2.51. The van der Waals surface area contributed by atoms with Gasteiger partial charge >= 0.3 is 0 Å². The molecule has 1 aliphatic carbocycles. The summed E-state index contributed by atoms with van der Waals surface area (Å²) in [5.41, 5.74) is 2.59. The van der Waals surface area contributed by atoms with Gasteiger partial charge in [-0.2, -0.15) is 0 Å². The van der Waals surface area contributed by atoms with Gasteiger partial charge < -0.3 is 0 Å². The van der Waals surface area contributed by atoms with E-state index in [2.05, 4.69) is 18.2 Å². The Bertz CT molecular complexity index is 373. The van der Waals surface area contributed by atoms with Crippen molar-refractivity contribution in [1.82, 2.24) is 0 Å². The summed E-state index contributed by atoms with van der Waals surface area (Å²) in [7, 11) is 0. The van der Waals surface area contributed by atoms with E-state index in [0.717, 1.165) is 5.92 Å². The average Bonchev–Trinajstić information content (AvgIpc) is 2.98. The van der Waals surface area contributed by atoms with Crippen molar-refractivity contribution in [3.8, 4) is 0 Å². The zero-order valence-electron chi connectivity index (χ0n) is 8.36. The molecule has 1 nitrogen and oxygen atoms in total. The highest BCUT2D eigenvalue weighted by Crippen LogP contribution is 2.41. The van der Waals surface area contributed by atoms with Crippen LogP contribution in [0, 0.1) is 0 Å². The molecule has 1 fully saturated rings. The monoisotopic (exact) mass is 186 g/mol. The van der Waals surface area contributed by atoms with Gasteiger partial charge in [0, 0.05) is 0 Å². The fraction of sp³-hybridized carbons (Fsp3) is 0.308. The Morgan fingerprint density at radius 1 is 1.36 bits per heavy atom. The van der Waals surface area contributed by atoms with Gasteiger partial charge in [-0.25, -0.2) is 0 Å². The van der Waals surface area contributed by atoms with Crippen molar-refractivity contribution < 1.29 is 4.79 Å². The van der Waals surface area contributed by atoms with Gasteiger partial charge in [0.15, 0.2) is 5.78 Å². The van der Waals surface area contributed by atoms with Crippen LogP contribution in [0.3, 0.4) is 0 Å². The fourth-order valence-corrected chi connectivity index (χ4v) is 1.64.